The van der Waals surface area contributed by atoms with Crippen LogP contribution in [0.25, 0.3) is 11.1 Å². The molecule has 4 aromatic rings. The van der Waals surface area contributed by atoms with Crippen LogP contribution >= 0.6 is 23.2 Å². The van der Waals surface area contributed by atoms with E-state index in [1.807, 2.05) is 72.8 Å². The van der Waals surface area contributed by atoms with Crippen LogP contribution in [0.2, 0.25) is 10.3 Å². The maximum atomic E-state index is 12.1. The van der Waals surface area contributed by atoms with Crippen LogP contribution in [0, 0.1) is 0 Å². The number of hydrogen-bond donors (Lipinski definition) is 3. The molecular formula is C33H33Cl2N3O6. The number of nitrogens with one attached hydrogen (secondary N) is 1. The van der Waals surface area contributed by atoms with Crippen molar-refractivity contribution in [2.45, 2.75) is 63.9 Å². The number of aliphatic carboxylic acids is 1. The van der Waals surface area contributed by atoms with Gasteiger partial charge in [-0.2, -0.15) is 0 Å². The van der Waals surface area contributed by atoms with Gasteiger partial charge in [-0.05, 0) is 46.4 Å². The van der Waals surface area contributed by atoms with Crippen molar-refractivity contribution in [3.05, 3.63) is 112 Å². The van der Waals surface area contributed by atoms with Gasteiger partial charge in [-0.15, -0.1) is 0 Å². The highest BCUT2D eigenvalue weighted by atomic mass is 35.5. The maximum Gasteiger partial charge on any atom is 0.303 e. The van der Waals surface area contributed by atoms with E-state index in [9.17, 15) is 14.7 Å². The minimum Gasteiger partial charge on any atom is -0.481 e. The molecule has 1 aliphatic rings. The molecule has 0 radical (unpaired) electrons. The van der Waals surface area contributed by atoms with Gasteiger partial charge in [-0.1, -0.05) is 83.9 Å². The number of nitrogens with zero attached hydrogens (tertiary/aromatic N) is 2. The van der Waals surface area contributed by atoms with Crippen LogP contribution in [0.3, 0.4) is 0 Å². The number of carboxylic acids is 1. The second-order valence-corrected chi connectivity index (χ2v) is 11.4. The number of aromatic nitrogens is 2. The number of carbonyl (C=O) groups excluding carboxylic acids is 1. The molecule has 0 bridgehead atoms. The Bertz CT molecular complexity index is 1590. The molecule has 1 saturated heterocycles. The molecule has 1 aliphatic heterocycles. The largest absolute Gasteiger partial charge is 0.481 e. The predicted molar refractivity (Wildman–Crippen MR) is 166 cm³/mol. The van der Waals surface area contributed by atoms with Crippen LogP contribution in [-0.4, -0.2) is 37.7 Å². The van der Waals surface area contributed by atoms with Crippen molar-refractivity contribution in [3.8, 4) is 11.1 Å². The third-order valence-electron chi connectivity index (χ3n) is 7.45. The summed E-state index contributed by atoms with van der Waals surface area (Å²) in [6.07, 6.45) is 1.42. The Morgan fingerprint density at radius 1 is 0.932 bits per heavy atom. The lowest BCUT2D eigenvalue weighted by Crippen LogP contribution is -2.32. The first-order valence-corrected chi connectivity index (χ1v) is 15.1. The van der Waals surface area contributed by atoms with Gasteiger partial charge in [0.1, 0.15) is 5.15 Å². The number of amides is 1. The molecule has 3 N–H and O–H groups in total. The lowest BCUT2D eigenvalue weighted by atomic mass is 9.98. The molecule has 0 saturated carbocycles. The monoisotopic (exact) mass is 637 g/mol. The molecule has 0 aliphatic carbocycles. The second-order valence-electron chi connectivity index (χ2n) is 10.7. The van der Waals surface area contributed by atoms with Crippen molar-refractivity contribution in [2.75, 3.05) is 0 Å². The molecule has 44 heavy (non-hydrogen) atoms. The summed E-state index contributed by atoms with van der Waals surface area (Å²) in [7, 11) is 0. The lowest BCUT2D eigenvalue weighted by Gasteiger charge is -2.36. The van der Waals surface area contributed by atoms with E-state index in [0.717, 1.165) is 33.4 Å². The van der Waals surface area contributed by atoms with Crippen LogP contribution in [0.15, 0.2) is 79.1 Å². The fourth-order valence-corrected chi connectivity index (χ4v) is 5.45. The first kappa shape index (κ1) is 31.7. The van der Waals surface area contributed by atoms with E-state index >= 15 is 0 Å². The molecule has 3 aromatic carbocycles. The number of aliphatic hydroxyl groups excluding tert-OH is 1. The summed E-state index contributed by atoms with van der Waals surface area (Å²) in [5, 5.41) is 21.7. The average Bonchev–Trinajstić information content (AvgIpc) is 3.36. The summed E-state index contributed by atoms with van der Waals surface area (Å²) in [6.45, 7) is 0.744. The number of carboxylic acid groups (broad SMARTS) is 1. The number of imidazole rings is 1. The van der Waals surface area contributed by atoms with E-state index in [1.54, 1.807) is 10.9 Å². The van der Waals surface area contributed by atoms with Crippen LogP contribution in [0.4, 0.5) is 0 Å². The number of halogens is 2. The minimum absolute atomic E-state index is 0.0309. The predicted octanol–water partition coefficient (Wildman–Crippen LogP) is 6.47. The van der Waals surface area contributed by atoms with Crippen molar-refractivity contribution >= 4 is 35.1 Å². The number of hydrogen-bond acceptors (Lipinski definition) is 6. The standard InChI is InChI=1S/C33H33Cl2N3O6/c34-31-32(35)38(20-37-31)18-27-16-28(23-12-10-21(19-39)11-13-23)44-33(43-27)26-7-2-6-25(15-26)24-5-1-4-22(14-24)17-36-29(40)8-3-9-30(41)42/h1-2,4-7,10-15,20,27-28,33,39H,3,8-9,16-19H2,(H,36,40)(H,41,42)/t27-,28+,33+/m0/s1. The molecule has 11 heteroatoms. The van der Waals surface area contributed by atoms with Gasteiger partial charge in [0.15, 0.2) is 11.4 Å². The Kier molecular flexibility index (Phi) is 10.7. The Morgan fingerprint density at radius 2 is 1.68 bits per heavy atom. The van der Waals surface area contributed by atoms with Gasteiger partial charge >= 0.3 is 5.97 Å². The van der Waals surface area contributed by atoms with Gasteiger partial charge in [0, 0.05) is 31.4 Å². The number of aliphatic hydroxyl groups is 1. The SMILES string of the molecule is O=C(O)CCCC(=O)NCc1cccc(-c2cccc([C@@H]3O[C@H](Cn4cnc(Cl)c4Cl)C[C@H](c4ccc(CO)cc4)O3)c2)c1. The summed E-state index contributed by atoms with van der Waals surface area (Å²) in [5.41, 5.74) is 5.49. The first-order valence-electron chi connectivity index (χ1n) is 14.3. The van der Waals surface area contributed by atoms with Crippen molar-refractivity contribution < 1.29 is 29.3 Å². The molecule has 2 heterocycles. The maximum absolute atomic E-state index is 12.1. The zero-order valence-corrected chi connectivity index (χ0v) is 25.4. The highest BCUT2D eigenvalue weighted by molar-refractivity contribution is 6.40. The van der Waals surface area contributed by atoms with Gasteiger partial charge < -0.3 is 29.6 Å². The number of rotatable bonds is 12. The van der Waals surface area contributed by atoms with Crippen molar-refractivity contribution in [1.82, 2.24) is 14.9 Å². The van der Waals surface area contributed by atoms with E-state index in [1.165, 1.54) is 0 Å². The quantitative estimate of drug-likeness (QED) is 0.163. The molecule has 1 aromatic heterocycles. The summed E-state index contributed by atoms with van der Waals surface area (Å²) >= 11 is 12.4. The van der Waals surface area contributed by atoms with Gasteiger partial charge in [0.05, 0.1) is 31.7 Å². The summed E-state index contributed by atoms with van der Waals surface area (Å²) in [6, 6.07) is 23.5. The summed E-state index contributed by atoms with van der Waals surface area (Å²) in [5.74, 6) is -1.09. The Balaban J connectivity index is 1.33. The summed E-state index contributed by atoms with van der Waals surface area (Å²) in [4.78, 5) is 26.9. The van der Waals surface area contributed by atoms with E-state index in [0.29, 0.717) is 31.1 Å². The topological polar surface area (TPSA) is 123 Å². The highest BCUT2D eigenvalue weighted by Gasteiger charge is 2.33. The van der Waals surface area contributed by atoms with Crippen molar-refractivity contribution in [3.63, 3.8) is 0 Å². The minimum atomic E-state index is -0.910. The van der Waals surface area contributed by atoms with Crippen LogP contribution in [-0.2, 0) is 38.8 Å². The van der Waals surface area contributed by atoms with Crippen molar-refractivity contribution in [1.29, 1.82) is 0 Å². The first-order chi connectivity index (χ1) is 21.3. The second kappa shape index (κ2) is 14.8. The smallest absolute Gasteiger partial charge is 0.303 e. The number of ether oxygens (including phenoxy) is 2. The molecule has 3 atom stereocenters. The molecule has 0 spiro atoms. The van der Waals surface area contributed by atoms with Crippen LogP contribution in [0.1, 0.15) is 60.3 Å². The fourth-order valence-electron chi connectivity index (χ4n) is 5.14. The number of carbonyl (C=O) groups is 2. The lowest BCUT2D eigenvalue weighted by molar-refractivity contribution is -0.252. The van der Waals surface area contributed by atoms with Gasteiger partial charge in [0.2, 0.25) is 5.91 Å². The third kappa shape index (κ3) is 8.25. The summed E-state index contributed by atoms with van der Waals surface area (Å²) < 4.78 is 14.7. The normalized spacial score (nSPS) is 18.2. The zero-order chi connectivity index (χ0) is 31.1. The zero-order valence-electron chi connectivity index (χ0n) is 23.9. The van der Waals surface area contributed by atoms with Crippen LogP contribution in [0.5, 0.6) is 0 Å². The van der Waals surface area contributed by atoms with Crippen molar-refractivity contribution in [2.24, 2.45) is 0 Å². The molecule has 1 amide bonds. The Morgan fingerprint density at radius 3 is 2.39 bits per heavy atom. The van der Waals surface area contributed by atoms with Gasteiger partial charge in [-0.25, -0.2) is 4.98 Å². The molecule has 5 rings (SSSR count). The van der Waals surface area contributed by atoms with E-state index < -0.39 is 12.3 Å². The van der Waals surface area contributed by atoms with E-state index in [2.05, 4.69) is 10.3 Å². The highest BCUT2D eigenvalue weighted by Crippen LogP contribution is 2.39. The fraction of sp³-hybridized carbons (Fsp3) is 0.303. The molecule has 9 nitrogen and oxygen atoms in total. The molecule has 1 fully saturated rings. The third-order valence-corrected chi connectivity index (χ3v) is 8.22. The van der Waals surface area contributed by atoms with E-state index in [-0.39, 0.29) is 42.7 Å². The Labute approximate surface area is 265 Å². The molecule has 230 valence electrons. The average molecular weight is 639 g/mol. The van der Waals surface area contributed by atoms with Crippen LogP contribution < -0.4 is 5.32 Å². The van der Waals surface area contributed by atoms with Gasteiger partial charge in [0.25, 0.3) is 0 Å². The molecular weight excluding hydrogens is 605 g/mol. The van der Waals surface area contributed by atoms with E-state index in [4.69, 9.17) is 37.8 Å². The molecule has 0 unspecified atom stereocenters. The number of benzene rings is 3. The van der Waals surface area contributed by atoms with Gasteiger partial charge in [-0.3, -0.25) is 9.59 Å². The Hall–Kier alpha value is -3.73.